The maximum atomic E-state index is 13.3. The zero-order chi connectivity index (χ0) is 10.6. The van der Waals surface area contributed by atoms with Crippen LogP contribution < -0.4 is 0 Å². The van der Waals surface area contributed by atoms with Crippen LogP contribution in [0.1, 0.15) is 18.9 Å². The molecule has 1 heterocycles. The summed E-state index contributed by atoms with van der Waals surface area (Å²) in [5, 5.41) is 0. The lowest BCUT2D eigenvalue weighted by Gasteiger charge is -2.01. The number of aromatic amines is 1. The predicted molar refractivity (Wildman–Crippen MR) is 63.1 cm³/mol. The van der Waals surface area contributed by atoms with Gasteiger partial charge in [0.25, 0.3) is 0 Å². The summed E-state index contributed by atoms with van der Waals surface area (Å²) in [4.78, 5) is 3.03. The maximum absolute atomic E-state index is 13.3. The predicted octanol–water partition coefficient (Wildman–Crippen LogP) is 3.94. The van der Waals surface area contributed by atoms with E-state index < -0.39 is 0 Å². The maximum Gasteiger partial charge on any atom is 0.178 e. The van der Waals surface area contributed by atoms with Gasteiger partial charge in [-0.1, -0.05) is 0 Å². The Morgan fingerprint density at radius 3 is 2.87 bits per heavy atom. The Labute approximate surface area is 99.2 Å². The lowest BCUT2D eigenvalue weighted by Crippen LogP contribution is -1.93. The fourth-order valence-electron chi connectivity index (χ4n) is 1.82. The van der Waals surface area contributed by atoms with E-state index in [0.717, 1.165) is 23.9 Å². The molecule has 1 aliphatic carbocycles. The SMILES string of the molecule is Fc1cc2[nH]c(=S)n(C3CC3)c2cc1Br. The largest absolute Gasteiger partial charge is 0.330 e. The quantitative estimate of drug-likeness (QED) is 0.788. The lowest BCUT2D eigenvalue weighted by molar-refractivity contribution is 0.622. The number of hydrogen-bond acceptors (Lipinski definition) is 1. The first kappa shape index (κ1) is 9.54. The van der Waals surface area contributed by atoms with Gasteiger partial charge in [-0.3, -0.25) is 0 Å². The highest BCUT2D eigenvalue weighted by Crippen LogP contribution is 2.38. The van der Waals surface area contributed by atoms with Crippen molar-refractivity contribution in [2.45, 2.75) is 18.9 Å². The molecule has 0 aliphatic heterocycles. The molecule has 0 amide bonds. The number of H-pyrrole nitrogens is 1. The normalized spacial score (nSPS) is 16.1. The first-order valence-electron chi connectivity index (χ1n) is 4.76. The Morgan fingerprint density at radius 1 is 1.47 bits per heavy atom. The third kappa shape index (κ3) is 1.45. The van der Waals surface area contributed by atoms with Crippen LogP contribution in [0.25, 0.3) is 11.0 Å². The van der Waals surface area contributed by atoms with Crippen LogP contribution in [0.3, 0.4) is 0 Å². The average molecular weight is 287 g/mol. The van der Waals surface area contributed by atoms with Crippen LogP contribution >= 0.6 is 28.1 Å². The monoisotopic (exact) mass is 286 g/mol. The molecule has 2 nitrogen and oxygen atoms in total. The molecule has 15 heavy (non-hydrogen) atoms. The van der Waals surface area contributed by atoms with E-state index in [-0.39, 0.29) is 5.82 Å². The minimum Gasteiger partial charge on any atom is -0.330 e. The lowest BCUT2D eigenvalue weighted by atomic mass is 10.3. The fourth-order valence-corrected chi connectivity index (χ4v) is 2.50. The van der Waals surface area contributed by atoms with Crippen LogP contribution in [0.5, 0.6) is 0 Å². The van der Waals surface area contributed by atoms with Gasteiger partial charge >= 0.3 is 0 Å². The van der Waals surface area contributed by atoms with Gasteiger partial charge in [0.1, 0.15) is 5.82 Å². The van der Waals surface area contributed by atoms with E-state index in [1.165, 1.54) is 6.07 Å². The van der Waals surface area contributed by atoms with Gasteiger partial charge in [0, 0.05) is 12.1 Å². The van der Waals surface area contributed by atoms with Crippen molar-refractivity contribution in [1.82, 2.24) is 9.55 Å². The number of halogens is 2. The van der Waals surface area contributed by atoms with Crippen molar-refractivity contribution in [2.24, 2.45) is 0 Å². The van der Waals surface area contributed by atoms with E-state index >= 15 is 0 Å². The van der Waals surface area contributed by atoms with E-state index in [1.807, 2.05) is 0 Å². The third-order valence-electron chi connectivity index (χ3n) is 2.67. The van der Waals surface area contributed by atoms with E-state index in [4.69, 9.17) is 12.2 Å². The molecule has 0 spiro atoms. The molecule has 78 valence electrons. The second kappa shape index (κ2) is 3.15. The van der Waals surface area contributed by atoms with Gasteiger partial charge in [-0.05, 0) is 47.1 Å². The zero-order valence-electron chi connectivity index (χ0n) is 7.76. The second-order valence-electron chi connectivity index (χ2n) is 3.81. The van der Waals surface area contributed by atoms with Crippen LogP contribution in [0, 0.1) is 10.6 Å². The summed E-state index contributed by atoms with van der Waals surface area (Å²) in [6, 6.07) is 3.77. The summed E-state index contributed by atoms with van der Waals surface area (Å²) in [6.45, 7) is 0. The molecule has 3 rings (SSSR count). The van der Waals surface area contributed by atoms with Crippen LogP contribution in [0.2, 0.25) is 0 Å². The van der Waals surface area contributed by atoms with Crippen molar-refractivity contribution < 1.29 is 4.39 Å². The highest BCUT2D eigenvalue weighted by Gasteiger charge is 2.26. The number of imidazole rings is 1. The summed E-state index contributed by atoms with van der Waals surface area (Å²) in [5.41, 5.74) is 1.75. The van der Waals surface area contributed by atoms with Crippen molar-refractivity contribution in [3.63, 3.8) is 0 Å². The number of aromatic nitrogens is 2. The van der Waals surface area contributed by atoms with Crippen molar-refractivity contribution in [1.29, 1.82) is 0 Å². The summed E-state index contributed by atoms with van der Waals surface area (Å²) in [5.74, 6) is -0.262. The van der Waals surface area contributed by atoms with Crippen LogP contribution in [0.4, 0.5) is 4.39 Å². The Hall–Kier alpha value is -0.680. The molecular formula is C10H8BrFN2S. The average Bonchev–Trinajstić information content (AvgIpc) is 2.93. The van der Waals surface area contributed by atoms with Crippen molar-refractivity contribution in [3.05, 3.63) is 27.2 Å². The molecule has 1 N–H and O–H groups in total. The molecule has 1 aromatic carbocycles. The van der Waals surface area contributed by atoms with E-state index in [0.29, 0.717) is 15.3 Å². The Bertz CT molecular complexity index is 597. The Morgan fingerprint density at radius 2 is 2.20 bits per heavy atom. The molecule has 0 radical (unpaired) electrons. The smallest absolute Gasteiger partial charge is 0.178 e. The van der Waals surface area contributed by atoms with Crippen LogP contribution in [0.15, 0.2) is 16.6 Å². The molecule has 1 saturated carbocycles. The molecule has 2 aromatic rings. The number of fused-ring (bicyclic) bond motifs is 1. The number of nitrogens with zero attached hydrogens (tertiary/aromatic N) is 1. The van der Waals surface area contributed by atoms with Gasteiger partial charge in [-0.15, -0.1) is 0 Å². The summed E-state index contributed by atoms with van der Waals surface area (Å²) in [6.07, 6.45) is 2.33. The highest BCUT2D eigenvalue weighted by molar-refractivity contribution is 9.10. The molecule has 1 aromatic heterocycles. The fraction of sp³-hybridized carbons (Fsp3) is 0.300. The molecule has 0 unspecified atom stereocenters. The summed E-state index contributed by atoms with van der Waals surface area (Å²) in [7, 11) is 0. The number of rotatable bonds is 1. The molecular weight excluding hydrogens is 279 g/mol. The van der Waals surface area contributed by atoms with Gasteiger partial charge in [-0.25, -0.2) is 4.39 Å². The molecule has 0 saturated heterocycles. The molecule has 0 atom stereocenters. The zero-order valence-corrected chi connectivity index (χ0v) is 10.2. The van der Waals surface area contributed by atoms with Gasteiger partial charge in [0.05, 0.1) is 15.5 Å². The Kier molecular flexibility index (Phi) is 2.01. The number of hydrogen-bond donors (Lipinski definition) is 1. The minimum atomic E-state index is -0.262. The van der Waals surface area contributed by atoms with Gasteiger partial charge in [0.2, 0.25) is 0 Å². The van der Waals surface area contributed by atoms with E-state index in [1.54, 1.807) is 6.07 Å². The molecule has 1 fully saturated rings. The molecule has 0 bridgehead atoms. The van der Waals surface area contributed by atoms with Crippen LogP contribution in [-0.4, -0.2) is 9.55 Å². The first-order chi connectivity index (χ1) is 7.16. The van der Waals surface area contributed by atoms with Crippen molar-refractivity contribution >= 4 is 39.2 Å². The van der Waals surface area contributed by atoms with E-state index in [9.17, 15) is 4.39 Å². The van der Waals surface area contributed by atoms with Crippen LogP contribution in [-0.2, 0) is 0 Å². The topological polar surface area (TPSA) is 20.7 Å². The number of nitrogens with one attached hydrogen (secondary N) is 1. The molecule has 1 aliphatic rings. The Balaban J connectivity index is 2.39. The second-order valence-corrected chi connectivity index (χ2v) is 5.06. The van der Waals surface area contributed by atoms with Crippen molar-refractivity contribution in [3.8, 4) is 0 Å². The highest BCUT2D eigenvalue weighted by atomic mass is 79.9. The number of benzene rings is 1. The first-order valence-corrected chi connectivity index (χ1v) is 5.96. The third-order valence-corrected chi connectivity index (χ3v) is 3.58. The minimum absolute atomic E-state index is 0.262. The standard InChI is InChI=1S/C10H8BrFN2S/c11-6-3-9-8(4-7(6)12)13-10(15)14(9)5-1-2-5/h3-5H,1-2H2,(H,13,15). The molecule has 5 heteroatoms. The van der Waals surface area contributed by atoms with Gasteiger partial charge in [-0.2, -0.15) is 0 Å². The van der Waals surface area contributed by atoms with Gasteiger partial charge in [0.15, 0.2) is 4.77 Å². The summed E-state index contributed by atoms with van der Waals surface area (Å²) >= 11 is 8.42. The van der Waals surface area contributed by atoms with E-state index in [2.05, 4.69) is 25.5 Å². The van der Waals surface area contributed by atoms with Crippen molar-refractivity contribution in [2.75, 3.05) is 0 Å². The summed E-state index contributed by atoms with van der Waals surface area (Å²) < 4.78 is 16.5. The van der Waals surface area contributed by atoms with Gasteiger partial charge < -0.3 is 9.55 Å².